The molecule has 0 spiro atoms. The average molecular weight is 1090 g/mol. The molecular weight excluding hydrogens is 1030 g/mol. The second-order valence-electron chi connectivity index (χ2n) is 20.0. The third-order valence-electron chi connectivity index (χ3n) is 10.6. The molecule has 7 aromatic rings. The highest BCUT2D eigenvalue weighted by Crippen LogP contribution is 2.33. The molecule has 0 aliphatic heterocycles. The number of rotatable bonds is 9. The Bertz CT molecular complexity index is 3280. The van der Waals surface area contributed by atoms with Gasteiger partial charge in [0.1, 0.15) is 6.10 Å². The number of amides is 3. The number of ketones is 2. The first-order valence-electron chi connectivity index (χ1n) is 23.4. The van der Waals surface area contributed by atoms with Crippen LogP contribution in [0.2, 0.25) is 0 Å². The van der Waals surface area contributed by atoms with Crippen LogP contribution in [0.15, 0.2) is 128 Å². The molecule has 3 heterocycles. The molecule has 13 nitrogen and oxygen atoms in total. The lowest BCUT2D eigenvalue weighted by atomic mass is 9.94. The van der Waals surface area contributed by atoms with Gasteiger partial charge in [-0.1, -0.05) is 68.4 Å². The molecule has 78 heavy (non-hydrogen) atoms. The molecule has 0 fully saturated rings. The first-order chi connectivity index (χ1) is 36.3. The summed E-state index contributed by atoms with van der Waals surface area (Å²) in [5, 5.41) is 17.9. The zero-order valence-electron chi connectivity index (χ0n) is 43.6. The Morgan fingerprint density at radius 1 is 0.474 bits per heavy atom. The van der Waals surface area contributed by atoms with E-state index in [2.05, 4.69) is 30.9 Å². The summed E-state index contributed by atoms with van der Waals surface area (Å²) in [4.78, 5) is 71.5. The van der Waals surface area contributed by atoms with Crippen LogP contribution in [0.5, 0.6) is 0 Å². The Hall–Kier alpha value is -8.72. The van der Waals surface area contributed by atoms with E-state index in [0.29, 0.717) is 5.56 Å². The van der Waals surface area contributed by atoms with Gasteiger partial charge in [0, 0.05) is 93.1 Å². The predicted octanol–water partition coefficient (Wildman–Crippen LogP) is 12.1. The molecule has 3 amide bonds. The minimum atomic E-state index is -1.45. The van der Waals surface area contributed by atoms with E-state index < -0.39 is 97.5 Å². The lowest BCUT2D eigenvalue weighted by molar-refractivity contribution is -0.123. The zero-order chi connectivity index (χ0) is 58.4. The number of aliphatic hydroxyl groups excluding tert-OH is 1. The van der Waals surface area contributed by atoms with E-state index in [-0.39, 0.29) is 51.3 Å². The van der Waals surface area contributed by atoms with Crippen molar-refractivity contribution >= 4 is 52.0 Å². The van der Waals surface area contributed by atoms with Crippen LogP contribution in [0.3, 0.4) is 0 Å². The van der Waals surface area contributed by atoms with Gasteiger partial charge in [0.05, 0.1) is 22.5 Å². The number of halogens is 8. The van der Waals surface area contributed by atoms with Crippen LogP contribution in [0.1, 0.15) is 111 Å². The third kappa shape index (κ3) is 16.6. The number of nitrogen functional groups attached to an aromatic ring is 1. The smallest absolute Gasteiger partial charge is 0.229 e. The van der Waals surface area contributed by atoms with Gasteiger partial charge in [-0.25, -0.2) is 35.1 Å². The molecule has 1 unspecified atom stereocenters. The van der Waals surface area contributed by atoms with Crippen molar-refractivity contribution in [3.05, 3.63) is 208 Å². The van der Waals surface area contributed by atoms with E-state index in [0.717, 1.165) is 36.4 Å². The Kier molecular flexibility index (Phi) is 20.9. The van der Waals surface area contributed by atoms with Crippen LogP contribution < -0.4 is 21.7 Å². The molecule has 7 rings (SSSR count). The number of hydrogen-bond donors (Lipinski definition) is 5. The molecule has 0 aliphatic rings. The van der Waals surface area contributed by atoms with Crippen molar-refractivity contribution in [2.24, 2.45) is 16.2 Å². The van der Waals surface area contributed by atoms with Crippen molar-refractivity contribution in [3.63, 3.8) is 0 Å². The summed E-state index contributed by atoms with van der Waals surface area (Å²) in [5.74, 6) is -11.5. The van der Waals surface area contributed by atoms with Gasteiger partial charge in [-0.2, -0.15) is 0 Å². The molecule has 0 aliphatic carbocycles. The lowest BCUT2D eigenvalue weighted by Gasteiger charge is -2.22. The van der Waals surface area contributed by atoms with Crippen LogP contribution in [-0.2, 0) is 14.4 Å². The van der Waals surface area contributed by atoms with Crippen molar-refractivity contribution in [1.82, 2.24) is 15.0 Å². The number of carbonyl (C=O) groups is 5. The zero-order valence-corrected chi connectivity index (χ0v) is 43.6. The van der Waals surface area contributed by atoms with Gasteiger partial charge >= 0.3 is 0 Å². The highest BCUT2D eigenvalue weighted by Gasteiger charge is 2.29. The van der Waals surface area contributed by atoms with Crippen LogP contribution in [0.4, 0.5) is 57.9 Å². The van der Waals surface area contributed by atoms with Gasteiger partial charge in [-0.05, 0) is 78.9 Å². The Balaban J connectivity index is 0.000000228. The van der Waals surface area contributed by atoms with E-state index in [1.807, 2.05) is 0 Å². The van der Waals surface area contributed by atoms with Gasteiger partial charge < -0.3 is 26.8 Å². The summed E-state index contributed by atoms with van der Waals surface area (Å²) in [6, 6.07) is 18.5. The molecular formula is C57H55F8N7O6. The first-order valence-corrected chi connectivity index (χ1v) is 23.4. The number of nitrogens with zero attached hydrogens (tertiary/aromatic N) is 3. The van der Waals surface area contributed by atoms with E-state index >= 15 is 0 Å². The van der Waals surface area contributed by atoms with Gasteiger partial charge in [-0.15, -0.1) is 0 Å². The second-order valence-corrected chi connectivity index (χ2v) is 20.0. The Morgan fingerprint density at radius 3 is 1.35 bits per heavy atom. The van der Waals surface area contributed by atoms with Crippen molar-refractivity contribution < 1.29 is 64.2 Å². The van der Waals surface area contributed by atoms with Crippen LogP contribution in [0.25, 0.3) is 0 Å². The number of carbonyl (C=O) groups excluding carboxylic acids is 5. The van der Waals surface area contributed by atoms with Crippen LogP contribution in [-0.4, -0.2) is 49.3 Å². The molecule has 0 bridgehead atoms. The number of aromatic nitrogens is 3. The van der Waals surface area contributed by atoms with Crippen molar-refractivity contribution in [2.75, 3.05) is 21.7 Å². The Labute approximate surface area is 444 Å². The maximum atomic E-state index is 14.2. The SMILES string of the molecule is CC(C)(C)C(=O)Nc1ccc(F)c(F)c1.CC(C)(C)C(=O)Nc1ccc(F)c(F)c1C(=O)c1cccnc1.CC(C)(C)C(=O)Nc1ccc(F)c(F)c1C(O)c1cccnc1.Nc1ccc(F)c(F)c1C(=O)c1cccnc1. The molecule has 6 N–H and O–H groups in total. The maximum Gasteiger partial charge on any atom is 0.229 e. The number of hydrogen-bond acceptors (Lipinski definition) is 10. The summed E-state index contributed by atoms with van der Waals surface area (Å²) in [7, 11) is 0. The summed E-state index contributed by atoms with van der Waals surface area (Å²) in [5.41, 5.74) is 2.81. The fraction of sp³-hybridized carbons (Fsp3) is 0.228. The number of anilines is 4. The van der Waals surface area contributed by atoms with Gasteiger partial charge in [-0.3, -0.25) is 38.9 Å². The minimum absolute atomic E-state index is 0.0279. The fourth-order valence-electron chi connectivity index (χ4n) is 6.12. The van der Waals surface area contributed by atoms with E-state index in [4.69, 9.17) is 5.73 Å². The molecule has 3 aromatic heterocycles. The largest absolute Gasteiger partial charge is 0.398 e. The van der Waals surface area contributed by atoms with E-state index in [1.165, 1.54) is 85.7 Å². The van der Waals surface area contributed by atoms with E-state index in [9.17, 15) is 64.2 Å². The maximum absolute atomic E-state index is 14.2. The number of benzene rings is 4. The van der Waals surface area contributed by atoms with Crippen molar-refractivity contribution in [3.8, 4) is 0 Å². The van der Waals surface area contributed by atoms with Gasteiger partial charge in [0.2, 0.25) is 17.7 Å². The second kappa shape index (κ2) is 26.4. The standard InChI is InChI=1S/C17H18F2N2O2.C17H16F2N2O2.C12H8F2N2O.C11H13F2NO/c2*1-17(2,3)16(23)21-12-7-6-11(18)14(19)13(12)15(22)10-5-4-8-20-9-10;13-8-3-4-9(15)10(11(8)14)12(17)7-2-1-5-16-6-7;1-11(2,3)10(15)14-7-4-5-8(12)9(13)6-7/h4-9,15,22H,1-3H3,(H,21,23);4-9H,1-3H3,(H,21,23);1-6H,15H2;4-6H,1-3H3,(H,14,15). The quantitative estimate of drug-likeness (QED) is 0.0525. The normalized spacial score (nSPS) is 11.5. The molecule has 1 atom stereocenters. The third-order valence-corrected chi connectivity index (χ3v) is 10.6. The topological polar surface area (TPSA) is 206 Å². The number of aliphatic hydroxyl groups is 1. The highest BCUT2D eigenvalue weighted by molar-refractivity contribution is 6.14. The predicted molar refractivity (Wildman–Crippen MR) is 278 cm³/mol. The van der Waals surface area contributed by atoms with Crippen molar-refractivity contribution in [1.29, 1.82) is 0 Å². The molecule has 0 saturated carbocycles. The molecule has 21 heteroatoms. The number of nitrogens with two attached hydrogens (primary N) is 1. The number of nitrogens with one attached hydrogen (secondary N) is 3. The average Bonchev–Trinajstić information content (AvgIpc) is 3.43. The van der Waals surface area contributed by atoms with Crippen LogP contribution >= 0.6 is 0 Å². The summed E-state index contributed by atoms with van der Waals surface area (Å²) in [6.45, 7) is 15.3. The van der Waals surface area contributed by atoms with Gasteiger partial charge in [0.15, 0.2) is 58.1 Å². The number of pyridine rings is 3. The monoisotopic (exact) mass is 1090 g/mol. The van der Waals surface area contributed by atoms with Crippen molar-refractivity contribution in [2.45, 2.75) is 68.4 Å². The highest BCUT2D eigenvalue weighted by atomic mass is 19.2. The molecule has 4 aromatic carbocycles. The Morgan fingerprint density at radius 2 is 0.885 bits per heavy atom. The molecule has 410 valence electrons. The lowest BCUT2D eigenvalue weighted by Crippen LogP contribution is -2.28. The van der Waals surface area contributed by atoms with Crippen LogP contribution in [0, 0.1) is 62.8 Å². The first kappa shape index (κ1) is 61.8. The van der Waals surface area contributed by atoms with Gasteiger partial charge in [0.25, 0.3) is 0 Å². The molecule has 0 saturated heterocycles. The summed E-state index contributed by atoms with van der Waals surface area (Å²) < 4.78 is 107. The minimum Gasteiger partial charge on any atom is -0.398 e. The summed E-state index contributed by atoms with van der Waals surface area (Å²) in [6.07, 6.45) is 6.86. The summed E-state index contributed by atoms with van der Waals surface area (Å²) >= 11 is 0. The fourth-order valence-corrected chi connectivity index (χ4v) is 6.12. The van der Waals surface area contributed by atoms with E-state index in [1.54, 1.807) is 68.4 Å². The molecule has 0 radical (unpaired) electrons.